The van der Waals surface area contributed by atoms with Crippen molar-refractivity contribution in [3.63, 3.8) is 0 Å². The van der Waals surface area contributed by atoms with Crippen molar-refractivity contribution in [1.82, 2.24) is 24.9 Å². The van der Waals surface area contributed by atoms with E-state index in [9.17, 15) is 0 Å². The van der Waals surface area contributed by atoms with E-state index in [4.69, 9.17) is 0 Å². The molecule has 0 amide bonds. The first-order valence-electron chi connectivity index (χ1n) is 6.33. The molecule has 0 radical (unpaired) electrons. The van der Waals surface area contributed by atoms with Gasteiger partial charge in [0.25, 0.3) is 0 Å². The summed E-state index contributed by atoms with van der Waals surface area (Å²) in [6, 6.07) is 0. The maximum atomic E-state index is 4.44. The van der Waals surface area contributed by atoms with Gasteiger partial charge in [-0.05, 0) is 20.8 Å². The van der Waals surface area contributed by atoms with Crippen LogP contribution < -0.4 is 5.32 Å². The van der Waals surface area contributed by atoms with Crippen LogP contribution in [0.4, 0.5) is 0 Å². The van der Waals surface area contributed by atoms with Crippen molar-refractivity contribution < 1.29 is 0 Å². The van der Waals surface area contributed by atoms with Gasteiger partial charge in [-0.3, -0.25) is 9.36 Å². The van der Waals surface area contributed by atoms with E-state index in [2.05, 4.69) is 42.5 Å². The van der Waals surface area contributed by atoms with Gasteiger partial charge in [-0.15, -0.1) is 12.4 Å². The second-order valence-corrected chi connectivity index (χ2v) is 4.58. The van der Waals surface area contributed by atoms with E-state index in [0.717, 1.165) is 25.3 Å². The Labute approximate surface area is 120 Å². The van der Waals surface area contributed by atoms with Crippen molar-refractivity contribution in [2.75, 3.05) is 0 Å². The smallest absolute Gasteiger partial charge is 0.0638 e. The lowest BCUT2D eigenvalue weighted by Crippen LogP contribution is -2.13. The Kier molecular flexibility index (Phi) is 5.57. The van der Waals surface area contributed by atoms with Crippen molar-refractivity contribution in [1.29, 1.82) is 0 Å². The lowest BCUT2D eigenvalue weighted by molar-refractivity contribution is 0.651. The molecule has 5 nitrogen and oxygen atoms in total. The van der Waals surface area contributed by atoms with E-state index >= 15 is 0 Å². The fourth-order valence-corrected chi connectivity index (χ4v) is 1.94. The Morgan fingerprint density at radius 2 is 1.89 bits per heavy atom. The Morgan fingerprint density at radius 3 is 2.42 bits per heavy atom. The third-order valence-electron chi connectivity index (χ3n) is 3.34. The minimum absolute atomic E-state index is 0. The van der Waals surface area contributed by atoms with Crippen molar-refractivity contribution in [3.8, 4) is 0 Å². The number of rotatable bonds is 5. The number of nitrogens with one attached hydrogen (secondary N) is 1. The summed E-state index contributed by atoms with van der Waals surface area (Å²) in [5.41, 5.74) is 4.83. The lowest BCUT2D eigenvalue weighted by Gasteiger charge is -2.03. The molecule has 0 bridgehead atoms. The van der Waals surface area contributed by atoms with Gasteiger partial charge in [0.15, 0.2) is 0 Å². The number of halogens is 1. The topological polar surface area (TPSA) is 47.7 Å². The normalized spacial score (nSPS) is 10.5. The molecule has 0 fully saturated rings. The standard InChI is InChI=1S/C13H21N5.ClH/c1-5-18-9-13(10(2)16-18)7-14-6-12-8-15-17(4)11(12)3;/h8-9,14H,5-7H2,1-4H3;1H. The van der Waals surface area contributed by atoms with Crippen LogP contribution >= 0.6 is 12.4 Å². The van der Waals surface area contributed by atoms with Crippen LogP contribution in [0.2, 0.25) is 0 Å². The summed E-state index contributed by atoms with van der Waals surface area (Å²) >= 11 is 0. The predicted octanol–water partition coefficient (Wildman–Crippen LogP) is 1.96. The van der Waals surface area contributed by atoms with E-state index < -0.39 is 0 Å². The summed E-state index contributed by atoms with van der Waals surface area (Å²) in [5, 5.41) is 12.1. The van der Waals surface area contributed by atoms with Crippen LogP contribution in [-0.2, 0) is 26.7 Å². The van der Waals surface area contributed by atoms with Gasteiger partial charge in [0, 0.05) is 49.7 Å². The molecule has 0 saturated heterocycles. The molecular formula is C13H22ClN5. The van der Waals surface area contributed by atoms with Crippen molar-refractivity contribution >= 4 is 12.4 Å². The second-order valence-electron chi connectivity index (χ2n) is 4.58. The zero-order valence-corrected chi connectivity index (χ0v) is 12.8. The van der Waals surface area contributed by atoms with Crippen molar-refractivity contribution in [3.05, 3.63) is 34.9 Å². The molecule has 6 heteroatoms. The first kappa shape index (κ1) is 15.7. The molecule has 2 aromatic heterocycles. The molecule has 0 atom stereocenters. The SMILES string of the molecule is CCn1cc(CNCc2cnn(C)c2C)c(C)n1.Cl. The summed E-state index contributed by atoms with van der Waals surface area (Å²) in [7, 11) is 1.97. The lowest BCUT2D eigenvalue weighted by atomic mass is 10.2. The zero-order valence-electron chi connectivity index (χ0n) is 12.0. The van der Waals surface area contributed by atoms with Gasteiger partial charge in [0.05, 0.1) is 11.9 Å². The van der Waals surface area contributed by atoms with E-state index in [1.807, 2.05) is 22.6 Å². The maximum absolute atomic E-state index is 4.44. The molecule has 0 aliphatic rings. The molecule has 0 unspecified atom stereocenters. The fraction of sp³-hybridized carbons (Fsp3) is 0.538. The van der Waals surface area contributed by atoms with E-state index in [1.54, 1.807) is 0 Å². The minimum atomic E-state index is 0. The second kappa shape index (κ2) is 6.73. The molecule has 0 aliphatic carbocycles. The highest BCUT2D eigenvalue weighted by Crippen LogP contribution is 2.08. The highest BCUT2D eigenvalue weighted by Gasteiger charge is 2.05. The molecule has 2 aromatic rings. The van der Waals surface area contributed by atoms with Crippen LogP contribution in [0.3, 0.4) is 0 Å². The maximum Gasteiger partial charge on any atom is 0.0638 e. The summed E-state index contributed by atoms with van der Waals surface area (Å²) in [6.45, 7) is 8.85. The largest absolute Gasteiger partial charge is 0.308 e. The van der Waals surface area contributed by atoms with Crippen LogP contribution in [-0.4, -0.2) is 19.6 Å². The van der Waals surface area contributed by atoms with Gasteiger partial charge in [-0.25, -0.2) is 0 Å². The number of hydrogen-bond donors (Lipinski definition) is 1. The van der Waals surface area contributed by atoms with Crippen LogP contribution in [0.1, 0.15) is 29.4 Å². The first-order valence-corrected chi connectivity index (χ1v) is 6.33. The summed E-state index contributed by atoms with van der Waals surface area (Å²) in [6.07, 6.45) is 4.03. The zero-order chi connectivity index (χ0) is 13.1. The molecule has 0 aliphatic heterocycles. The molecule has 106 valence electrons. The van der Waals surface area contributed by atoms with E-state index in [0.29, 0.717) is 0 Å². The van der Waals surface area contributed by atoms with Gasteiger partial charge in [-0.2, -0.15) is 10.2 Å². The Bertz CT molecular complexity index is 529. The third kappa shape index (κ3) is 3.58. The molecule has 0 spiro atoms. The van der Waals surface area contributed by atoms with E-state index in [1.165, 1.54) is 16.8 Å². The van der Waals surface area contributed by atoms with E-state index in [-0.39, 0.29) is 12.4 Å². The summed E-state index contributed by atoms with van der Waals surface area (Å²) in [4.78, 5) is 0. The number of nitrogens with zero attached hydrogens (tertiary/aromatic N) is 4. The number of aryl methyl sites for hydroxylation is 3. The number of aromatic nitrogens is 4. The van der Waals surface area contributed by atoms with Crippen LogP contribution in [0.15, 0.2) is 12.4 Å². The monoisotopic (exact) mass is 283 g/mol. The highest BCUT2D eigenvalue weighted by atomic mass is 35.5. The van der Waals surface area contributed by atoms with Crippen LogP contribution in [0.5, 0.6) is 0 Å². The number of hydrogen-bond acceptors (Lipinski definition) is 3. The van der Waals surface area contributed by atoms with Gasteiger partial charge >= 0.3 is 0 Å². The van der Waals surface area contributed by atoms with Gasteiger partial charge in [0.2, 0.25) is 0 Å². The van der Waals surface area contributed by atoms with Gasteiger partial charge in [-0.1, -0.05) is 0 Å². The van der Waals surface area contributed by atoms with Crippen LogP contribution in [0, 0.1) is 13.8 Å². The molecule has 0 saturated carbocycles. The van der Waals surface area contributed by atoms with Crippen molar-refractivity contribution in [2.24, 2.45) is 7.05 Å². The predicted molar refractivity (Wildman–Crippen MR) is 78.4 cm³/mol. The average Bonchev–Trinajstić information content (AvgIpc) is 2.87. The average molecular weight is 284 g/mol. The third-order valence-corrected chi connectivity index (χ3v) is 3.34. The Morgan fingerprint density at radius 1 is 1.21 bits per heavy atom. The summed E-state index contributed by atoms with van der Waals surface area (Å²) < 4.78 is 3.87. The quantitative estimate of drug-likeness (QED) is 0.913. The van der Waals surface area contributed by atoms with Crippen LogP contribution in [0.25, 0.3) is 0 Å². The van der Waals surface area contributed by atoms with Gasteiger partial charge < -0.3 is 5.32 Å². The minimum Gasteiger partial charge on any atom is -0.308 e. The Balaban J connectivity index is 0.00000180. The molecule has 19 heavy (non-hydrogen) atoms. The molecule has 0 aromatic carbocycles. The molecule has 1 N–H and O–H groups in total. The van der Waals surface area contributed by atoms with Crippen molar-refractivity contribution in [2.45, 2.75) is 40.4 Å². The molecule has 2 rings (SSSR count). The first-order chi connectivity index (χ1) is 8.61. The summed E-state index contributed by atoms with van der Waals surface area (Å²) in [5.74, 6) is 0. The molecular weight excluding hydrogens is 262 g/mol. The molecule has 2 heterocycles. The fourth-order valence-electron chi connectivity index (χ4n) is 1.94. The highest BCUT2D eigenvalue weighted by molar-refractivity contribution is 5.85. The Hall–Kier alpha value is -1.33. The van der Waals surface area contributed by atoms with Gasteiger partial charge in [0.1, 0.15) is 0 Å².